The Hall–Kier alpha value is -4.30. The number of para-hydroxylation sites is 1. The molecule has 0 saturated heterocycles. The molecule has 39 heavy (non-hydrogen) atoms. The summed E-state index contributed by atoms with van der Waals surface area (Å²) < 4.78 is 31.2. The lowest BCUT2D eigenvalue weighted by molar-refractivity contribution is -0.136. The molecule has 2 amide bonds. The van der Waals surface area contributed by atoms with E-state index in [1.165, 1.54) is 24.3 Å². The van der Waals surface area contributed by atoms with Crippen LogP contribution < -0.4 is 15.4 Å². The van der Waals surface area contributed by atoms with E-state index in [0.29, 0.717) is 12.2 Å². The van der Waals surface area contributed by atoms with Crippen LogP contribution in [0.5, 0.6) is 5.75 Å². The zero-order valence-electron chi connectivity index (χ0n) is 21.5. The smallest absolute Gasteiger partial charge is 0.322 e. The summed E-state index contributed by atoms with van der Waals surface area (Å²) in [5, 5.41) is 14.1. The number of sulfone groups is 1. The van der Waals surface area contributed by atoms with Crippen molar-refractivity contribution in [3.05, 3.63) is 60.3 Å². The Bertz CT molecular complexity index is 1470. The highest BCUT2D eigenvalue weighted by molar-refractivity contribution is 7.92. The Kier molecular flexibility index (Phi) is 10.5. The van der Waals surface area contributed by atoms with Gasteiger partial charge in [0.1, 0.15) is 12.4 Å². The number of H-pyrrole nitrogens is 1. The van der Waals surface area contributed by atoms with Crippen molar-refractivity contribution in [3.8, 4) is 17.6 Å². The number of aromatic amines is 1. The van der Waals surface area contributed by atoms with Crippen LogP contribution in [0, 0.1) is 11.8 Å². The number of nitrogens with one attached hydrogen (secondary N) is 3. The van der Waals surface area contributed by atoms with Crippen LogP contribution in [0.3, 0.4) is 0 Å². The number of hydrogen-bond donors (Lipinski definition) is 4. The van der Waals surface area contributed by atoms with Crippen molar-refractivity contribution in [2.75, 3.05) is 19.7 Å². The van der Waals surface area contributed by atoms with E-state index in [1.807, 2.05) is 24.3 Å². The number of hydrogen-bond acceptors (Lipinski definition) is 6. The van der Waals surface area contributed by atoms with Gasteiger partial charge in [-0.2, -0.15) is 0 Å². The highest BCUT2D eigenvalue weighted by atomic mass is 32.2. The third-order valence-electron chi connectivity index (χ3n) is 5.98. The summed E-state index contributed by atoms with van der Waals surface area (Å²) in [6, 6.07) is 13.1. The van der Waals surface area contributed by atoms with Crippen LogP contribution in [0.1, 0.15) is 31.7 Å². The number of fused-ring (bicyclic) bond motifs is 1. The molecule has 206 valence electrons. The molecule has 10 nitrogen and oxygen atoms in total. The summed E-state index contributed by atoms with van der Waals surface area (Å²) in [5.74, 6) is 3.71. The van der Waals surface area contributed by atoms with E-state index in [4.69, 9.17) is 4.74 Å². The van der Waals surface area contributed by atoms with Crippen molar-refractivity contribution >= 4 is 38.5 Å². The van der Waals surface area contributed by atoms with Crippen LogP contribution in [-0.2, 0) is 30.6 Å². The van der Waals surface area contributed by atoms with Crippen LogP contribution in [0.25, 0.3) is 10.9 Å². The van der Waals surface area contributed by atoms with Gasteiger partial charge in [-0.15, -0.1) is 5.92 Å². The van der Waals surface area contributed by atoms with Gasteiger partial charge >= 0.3 is 5.97 Å². The molecule has 11 heteroatoms. The summed E-state index contributed by atoms with van der Waals surface area (Å²) in [6.07, 6.45) is 2.42. The predicted octanol–water partition coefficient (Wildman–Crippen LogP) is 2.44. The Morgan fingerprint density at radius 2 is 1.77 bits per heavy atom. The first-order chi connectivity index (χ1) is 18.7. The molecule has 0 bridgehead atoms. The second-order valence-corrected chi connectivity index (χ2v) is 10.8. The van der Waals surface area contributed by atoms with Gasteiger partial charge in [0, 0.05) is 23.6 Å². The summed E-state index contributed by atoms with van der Waals surface area (Å²) in [6.45, 7) is 1.86. The fourth-order valence-electron chi connectivity index (χ4n) is 3.93. The number of carbonyl (C=O) groups excluding carboxylic acids is 2. The van der Waals surface area contributed by atoms with Gasteiger partial charge in [0.2, 0.25) is 11.8 Å². The van der Waals surface area contributed by atoms with Gasteiger partial charge in [0.25, 0.3) is 0 Å². The van der Waals surface area contributed by atoms with E-state index in [0.717, 1.165) is 16.5 Å². The van der Waals surface area contributed by atoms with Crippen molar-refractivity contribution in [1.82, 2.24) is 15.6 Å². The molecule has 0 spiro atoms. The lowest BCUT2D eigenvalue weighted by Crippen LogP contribution is -2.38. The van der Waals surface area contributed by atoms with Crippen molar-refractivity contribution in [2.45, 2.75) is 42.8 Å². The molecule has 0 fully saturated rings. The average Bonchev–Trinajstić information content (AvgIpc) is 3.32. The summed E-state index contributed by atoms with van der Waals surface area (Å²) in [5.41, 5.74) is 1.76. The van der Waals surface area contributed by atoms with Gasteiger partial charge < -0.3 is 25.5 Å². The van der Waals surface area contributed by atoms with Crippen molar-refractivity contribution in [1.29, 1.82) is 0 Å². The first kappa shape index (κ1) is 29.3. The van der Waals surface area contributed by atoms with E-state index in [1.54, 1.807) is 13.1 Å². The predicted molar refractivity (Wildman–Crippen MR) is 146 cm³/mol. The number of aromatic nitrogens is 1. The molecule has 0 saturated carbocycles. The molecule has 3 aromatic rings. The number of benzene rings is 2. The minimum Gasteiger partial charge on any atom is -0.481 e. The normalized spacial score (nSPS) is 11.7. The van der Waals surface area contributed by atoms with Crippen molar-refractivity contribution in [2.24, 2.45) is 0 Å². The zero-order valence-corrected chi connectivity index (χ0v) is 22.3. The Morgan fingerprint density at radius 1 is 1.03 bits per heavy atom. The standard InChI is InChI=1S/C28H31N3O7S/c1-2-3-16-38-21-11-13-22(14-12-21)39(36,37)25(28(34)35)10-6-7-15-29-27(33)19-31-26(32)17-20-18-30-24-9-5-4-8-23(20)24/h4-5,8-9,11-14,18,25,30H,6-7,10,15-17,19H2,1H3,(H,29,33)(H,31,32)(H,34,35). The van der Waals surface area contributed by atoms with E-state index < -0.39 is 27.0 Å². The number of rotatable bonds is 14. The number of unbranched alkanes of at least 4 members (excludes halogenated alkanes) is 1. The molecule has 0 radical (unpaired) electrons. The number of carboxylic acids is 1. The number of carboxylic acid groups (broad SMARTS) is 1. The molecule has 3 rings (SSSR count). The molecular formula is C28H31N3O7S. The van der Waals surface area contributed by atoms with Crippen LogP contribution in [0.4, 0.5) is 0 Å². The molecule has 2 aromatic carbocycles. The molecular weight excluding hydrogens is 522 g/mol. The van der Waals surface area contributed by atoms with Gasteiger partial charge in [0.15, 0.2) is 15.1 Å². The Morgan fingerprint density at radius 3 is 2.49 bits per heavy atom. The van der Waals surface area contributed by atoms with Gasteiger partial charge in [-0.1, -0.05) is 24.1 Å². The maximum atomic E-state index is 12.9. The fourth-order valence-corrected chi connectivity index (χ4v) is 5.52. The number of amides is 2. The largest absolute Gasteiger partial charge is 0.481 e. The first-order valence-corrected chi connectivity index (χ1v) is 13.9. The van der Waals surface area contributed by atoms with E-state index in [9.17, 15) is 27.9 Å². The highest BCUT2D eigenvalue weighted by Crippen LogP contribution is 2.23. The molecule has 4 N–H and O–H groups in total. The first-order valence-electron chi connectivity index (χ1n) is 12.4. The minimum absolute atomic E-state index is 0.111. The Balaban J connectivity index is 1.40. The number of aliphatic carboxylic acids is 1. The van der Waals surface area contributed by atoms with Gasteiger partial charge in [0.05, 0.1) is 17.9 Å². The second kappa shape index (κ2) is 14.0. The highest BCUT2D eigenvalue weighted by Gasteiger charge is 2.33. The fraction of sp³-hybridized carbons (Fsp3) is 0.321. The molecule has 0 aliphatic carbocycles. The van der Waals surface area contributed by atoms with E-state index >= 15 is 0 Å². The number of ether oxygens (including phenoxy) is 1. The third kappa shape index (κ3) is 8.35. The second-order valence-electron chi connectivity index (χ2n) is 8.72. The van der Waals surface area contributed by atoms with Gasteiger partial charge in [-0.05, 0) is 62.1 Å². The van der Waals surface area contributed by atoms with Crippen molar-refractivity contribution < 1.29 is 32.6 Å². The van der Waals surface area contributed by atoms with Gasteiger partial charge in [-0.3, -0.25) is 14.4 Å². The lowest BCUT2D eigenvalue weighted by atomic mass is 10.1. The molecule has 0 aliphatic heterocycles. The maximum Gasteiger partial charge on any atom is 0.322 e. The topological polar surface area (TPSA) is 155 Å². The summed E-state index contributed by atoms with van der Waals surface area (Å²) in [7, 11) is -4.12. The molecule has 0 aliphatic rings. The lowest BCUT2D eigenvalue weighted by Gasteiger charge is -2.14. The van der Waals surface area contributed by atoms with Crippen molar-refractivity contribution in [3.63, 3.8) is 0 Å². The minimum atomic E-state index is -4.12. The van der Waals surface area contributed by atoms with E-state index in [2.05, 4.69) is 27.5 Å². The van der Waals surface area contributed by atoms with Crippen LogP contribution in [0.2, 0.25) is 0 Å². The van der Waals surface area contributed by atoms with E-state index in [-0.39, 0.29) is 49.8 Å². The molecule has 1 aromatic heterocycles. The summed E-state index contributed by atoms with van der Waals surface area (Å²) in [4.78, 5) is 39.0. The SMILES string of the molecule is CC#CCOc1ccc(S(=O)(=O)C(CCCCNC(=O)CNC(=O)Cc2c[nH]c3ccccc23)C(=O)O)cc1. The third-order valence-corrected chi connectivity index (χ3v) is 8.09. The molecule has 1 atom stereocenters. The average molecular weight is 554 g/mol. The van der Waals surface area contributed by atoms with Crippen LogP contribution >= 0.6 is 0 Å². The monoisotopic (exact) mass is 553 g/mol. The van der Waals surface area contributed by atoms with Gasteiger partial charge in [-0.25, -0.2) is 8.42 Å². The van der Waals surface area contributed by atoms with Crippen LogP contribution in [-0.4, -0.2) is 61.2 Å². The maximum absolute atomic E-state index is 12.9. The molecule has 1 unspecified atom stereocenters. The zero-order chi connectivity index (χ0) is 28.3. The Labute approximate surface area is 227 Å². The molecule has 1 heterocycles. The quantitative estimate of drug-likeness (QED) is 0.177. The number of carbonyl (C=O) groups is 3. The summed E-state index contributed by atoms with van der Waals surface area (Å²) >= 11 is 0. The van der Waals surface area contributed by atoms with Crippen LogP contribution in [0.15, 0.2) is 59.6 Å².